The summed E-state index contributed by atoms with van der Waals surface area (Å²) in [5.41, 5.74) is 12.0. The lowest BCUT2D eigenvalue weighted by atomic mass is 9.94. The van der Waals surface area contributed by atoms with E-state index in [2.05, 4.69) is 200 Å². The molecule has 0 saturated carbocycles. The molecule has 0 bridgehead atoms. The Morgan fingerprint density at radius 3 is 1.34 bits per heavy atom. The molecular formula is C53H35N3. The summed E-state index contributed by atoms with van der Waals surface area (Å²) in [7, 11) is 0. The van der Waals surface area contributed by atoms with Crippen molar-refractivity contribution in [3.8, 4) is 78.7 Å². The number of rotatable bonds is 7. The first-order valence-electron chi connectivity index (χ1n) is 18.9. The molecule has 0 aliphatic heterocycles. The smallest absolute Gasteiger partial charge is 0.164 e. The number of hydrogen-bond donors (Lipinski definition) is 0. The molecule has 56 heavy (non-hydrogen) atoms. The van der Waals surface area contributed by atoms with Crippen LogP contribution in [0.5, 0.6) is 0 Å². The van der Waals surface area contributed by atoms with Crippen molar-refractivity contribution >= 4 is 21.5 Å². The van der Waals surface area contributed by atoms with Crippen LogP contribution in [-0.2, 0) is 0 Å². The Morgan fingerprint density at radius 2 is 0.643 bits per heavy atom. The molecule has 0 amide bonds. The minimum atomic E-state index is 0.625. The average molecular weight is 714 g/mol. The lowest BCUT2D eigenvalue weighted by Gasteiger charge is -2.14. The summed E-state index contributed by atoms with van der Waals surface area (Å²) in [6, 6.07) is 74.8. The van der Waals surface area contributed by atoms with Crippen molar-refractivity contribution in [2.75, 3.05) is 0 Å². The molecule has 0 radical (unpaired) electrons. The zero-order valence-corrected chi connectivity index (χ0v) is 30.5. The molecule has 0 aliphatic rings. The first kappa shape index (κ1) is 33.1. The predicted octanol–water partition coefficient (Wildman–Crippen LogP) is 13.8. The lowest BCUT2D eigenvalue weighted by Crippen LogP contribution is -2.01. The second-order valence-corrected chi connectivity index (χ2v) is 14.0. The molecule has 0 aliphatic carbocycles. The summed E-state index contributed by atoms with van der Waals surface area (Å²) in [6.45, 7) is 0. The van der Waals surface area contributed by atoms with E-state index in [1.54, 1.807) is 0 Å². The molecule has 0 atom stereocenters. The Morgan fingerprint density at radius 1 is 0.214 bits per heavy atom. The van der Waals surface area contributed by atoms with Gasteiger partial charge in [-0.25, -0.2) is 15.0 Å². The van der Waals surface area contributed by atoms with Gasteiger partial charge in [-0.15, -0.1) is 0 Å². The monoisotopic (exact) mass is 713 g/mol. The fourth-order valence-corrected chi connectivity index (χ4v) is 7.65. The van der Waals surface area contributed by atoms with Crippen LogP contribution in [0.1, 0.15) is 0 Å². The van der Waals surface area contributed by atoms with Gasteiger partial charge in [-0.1, -0.05) is 188 Å². The van der Waals surface area contributed by atoms with E-state index < -0.39 is 0 Å². The second-order valence-electron chi connectivity index (χ2n) is 14.0. The van der Waals surface area contributed by atoms with Crippen molar-refractivity contribution in [1.82, 2.24) is 15.0 Å². The van der Waals surface area contributed by atoms with Crippen molar-refractivity contribution in [2.45, 2.75) is 0 Å². The summed E-state index contributed by atoms with van der Waals surface area (Å²) in [6.07, 6.45) is 0. The maximum Gasteiger partial charge on any atom is 0.164 e. The van der Waals surface area contributed by atoms with E-state index >= 15 is 0 Å². The molecule has 10 aromatic rings. The Labute approximate surface area is 326 Å². The first-order chi connectivity index (χ1) is 27.7. The molecule has 0 spiro atoms. The van der Waals surface area contributed by atoms with Gasteiger partial charge in [0, 0.05) is 16.7 Å². The highest BCUT2D eigenvalue weighted by Gasteiger charge is 2.18. The SMILES string of the molecule is c1ccc(-c2ccc(-c3cc(-c4nc(-c5ccc6cc(-c7ccccc7)ccc6c5)nc(-c5ccccc5-c5ccccc5)n4)cc4ccccc34)cc2)cc1. The molecule has 1 aromatic heterocycles. The molecule has 1 heterocycles. The molecule has 0 saturated heterocycles. The van der Waals surface area contributed by atoms with Crippen molar-refractivity contribution in [3.05, 3.63) is 212 Å². The molecule has 3 heteroatoms. The van der Waals surface area contributed by atoms with Crippen molar-refractivity contribution in [3.63, 3.8) is 0 Å². The molecule has 262 valence electrons. The van der Waals surface area contributed by atoms with E-state index in [1.165, 1.54) is 27.6 Å². The molecule has 9 aromatic carbocycles. The number of hydrogen-bond acceptors (Lipinski definition) is 3. The lowest BCUT2D eigenvalue weighted by molar-refractivity contribution is 1.08. The Kier molecular flexibility index (Phi) is 8.51. The van der Waals surface area contributed by atoms with Crippen LogP contribution in [0.15, 0.2) is 212 Å². The van der Waals surface area contributed by atoms with E-state index in [4.69, 9.17) is 15.0 Å². The van der Waals surface area contributed by atoms with Crippen LogP contribution in [0.25, 0.3) is 100 Å². The molecular weight excluding hydrogens is 679 g/mol. The Hall–Kier alpha value is -7.49. The third kappa shape index (κ3) is 6.42. The topological polar surface area (TPSA) is 38.7 Å². The van der Waals surface area contributed by atoms with Crippen LogP contribution in [0.2, 0.25) is 0 Å². The third-order valence-corrected chi connectivity index (χ3v) is 10.5. The summed E-state index contributed by atoms with van der Waals surface area (Å²) in [4.78, 5) is 15.7. The van der Waals surface area contributed by atoms with Gasteiger partial charge in [0.05, 0.1) is 0 Å². The van der Waals surface area contributed by atoms with Crippen LogP contribution in [0.3, 0.4) is 0 Å². The van der Waals surface area contributed by atoms with E-state index in [9.17, 15) is 0 Å². The fourth-order valence-electron chi connectivity index (χ4n) is 7.65. The van der Waals surface area contributed by atoms with Crippen LogP contribution >= 0.6 is 0 Å². The molecule has 10 rings (SSSR count). The molecule has 0 fully saturated rings. The van der Waals surface area contributed by atoms with Crippen molar-refractivity contribution in [1.29, 1.82) is 0 Å². The van der Waals surface area contributed by atoms with Gasteiger partial charge in [0.15, 0.2) is 17.5 Å². The van der Waals surface area contributed by atoms with Crippen LogP contribution in [0, 0.1) is 0 Å². The minimum Gasteiger partial charge on any atom is -0.208 e. The highest BCUT2D eigenvalue weighted by Crippen LogP contribution is 2.37. The van der Waals surface area contributed by atoms with Gasteiger partial charge in [0.1, 0.15) is 0 Å². The number of benzene rings is 9. The average Bonchev–Trinajstić information content (AvgIpc) is 3.29. The number of fused-ring (bicyclic) bond motifs is 2. The van der Waals surface area contributed by atoms with Gasteiger partial charge in [0.25, 0.3) is 0 Å². The van der Waals surface area contributed by atoms with Gasteiger partial charge in [-0.05, 0) is 90.3 Å². The van der Waals surface area contributed by atoms with Gasteiger partial charge in [-0.3, -0.25) is 0 Å². The normalized spacial score (nSPS) is 11.2. The quantitative estimate of drug-likeness (QED) is 0.165. The van der Waals surface area contributed by atoms with Crippen molar-refractivity contribution < 1.29 is 0 Å². The highest BCUT2D eigenvalue weighted by molar-refractivity contribution is 6.00. The molecule has 0 N–H and O–H groups in total. The van der Waals surface area contributed by atoms with Gasteiger partial charge in [0.2, 0.25) is 0 Å². The minimum absolute atomic E-state index is 0.625. The van der Waals surface area contributed by atoms with Gasteiger partial charge >= 0.3 is 0 Å². The fraction of sp³-hybridized carbons (Fsp3) is 0. The van der Waals surface area contributed by atoms with Gasteiger partial charge in [-0.2, -0.15) is 0 Å². The van der Waals surface area contributed by atoms with E-state index in [0.29, 0.717) is 17.5 Å². The van der Waals surface area contributed by atoms with Crippen LogP contribution < -0.4 is 0 Å². The van der Waals surface area contributed by atoms with Crippen LogP contribution in [-0.4, -0.2) is 15.0 Å². The maximum absolute atomic E-state index is 5.27. The van der Waals surface area contributed by atoms with Crippen molar-refractivity contribution in [2.24, 2.45) is 0 Å². The molecule has 0 unspecified atom stereocenters. The zero-order valence-electron chi connectivity index (χ0n) is 30.5. The predicted molar refractivity (Wildman–Crippen MR) is 233 cm³/mol. The Balaban J connectivity index is 1.14. The summed E-state index contributed by atoms with van der Waals surface area (Å²) in [5, 5.41) is 4.59. The van der Waals surface area contributed by atoms with Crippen LogP contribution in [0.4, 0.5) is 0 Å². The van der Waals surface area contributed by atoms with E-state index in [0.717, 1.165) is 55.1 Å². The van der Waals surface area contributed by atoms with E-state index in [-0.39, 0.29) is 0 Å². The first-order valence-corrected chi connectivity index (χ1v) is 18.9. The van der Waals surface area contributed by atoms with E-state index in [1.807, 2.05) is 12.1 Å². The highest BCUT2D eigenvalue weighted by atomic mass is 15.0. The summed E-state index contributed by atoms with van der Waals surface area (Å²) >= 11 is 0. The maximum atomic E-state index is 5.27. The largest absolute Gasteiger partial charge is 0.208 e. The second kappa shape index (κ2) is 14.4. The Bertz CT molecular complexity index is 2990. The number of nitrogens with zero attached hydrogens (tertiary/aromatic N) is 3. The third-order valence-electron chi connectivity index (χ3n) is 10.5. The standard InChI is InChI=1S/C53H35N3/c1-4-14-36(15-5-1)38-24-26-40(27-25-38)50-35-46(34-44-20-10-11-22-48(44)50)52-54-51(55-53(56-52)49-23-13-12-21-47(49)39-18-8-3-9-19-39)45-31-30-42-32-41(28-29-43(42)33-45)37-16-6-2-7-17-37/h1-35H. The zero-order chi connectivity index (χ0) is 37.3. The molecule has 3 nitrogen and oxygen atoms in total. The summed E-state index contributed by atoms with van der Waals surface area (Å²) < 4.78 is 0. The summed E-state index contributed by atoms with van der Waals surface area (Å²) in [5.74, 6) is 1.88. The number of aromatic nitrogens is 3. The van der Waals surface area contributed by atoms with Gasteiger partial charge < -0.3 is 0 Å².